The van der Waals surface area contributed by atoms with Crippen LogP contribution < -0.4 is 15.4 Å². The molecule has 2 N–H and O–H groups in total. The largest absolute Gasteiger partial charge is 0.492 e. The fraction of sp³-hybridized carbons (Fsp3) is 0.600. The monoisotopic (exact) mass is 376 g/mol. The Morgan fingerprint density at radius 2 is 1.63 bits per heavy atom. The maximum atomic E-state index is 12.4. The van der Waals surface area contributed by atoms with E-state index in [9.17, 15) is 9.59 Å². The van der Waals surface area contributed by atoms with Crippen LogP contribution >= 0.6 is 0 Å². The molecule has 1 fully saturated rings. The maximum absolute atomic E-state index is 12.4. The standard InChI is InChI=1S/C20H32N4O3/c1-4-16(3)21-19(25)14-23-10-12-24(13-11-23)15-20(26)22-17-8-6-7-9-18(17)27-5-2/h6-9,16H,4-5,10-15H2,1-3H3,(H,21,25)(H,22,26). The highest BCUT2D eigenvalue weighted by molar-refractivity contribution is 5.93. The molecule has 0 aromatic heterocycles. The number of anilines is 1. The second kappa shape index (κ2) is 10.9. The van der Waals surface area contributed by atoms with E-state index < -0.39 is 0 Å². The van der Waals surface area contributed by atoms with Crippen LogP contribution in [0.2, 0.25) is 0 Å². The summed E-state index contributed by atoms with van der Waals surface area (Å²) in [6, 6.07) is 7.67. The molecule has 1 aromatic rings. The van der Waals surface area contributed by atoms with Crippen molar-refractivity contribution in [1.82, 2.24) is 15.1 Å². The van der Waals surface area contributed by atoms with Crippen LogP contribution in [0.1, 0.15) is 27.2 Å². The van der Waals surface area contributed by atoms with E-state index in [1.54, 1.807) is 0 Å². The zero-order chi connectivity index (χ0) is 19.6. The first kappa shape index (κ1) is 21.2. The molecule has 1 aliphatic heterocycles. The lowest BCUT2D eigenvalue weighted by Crippen LogP contribution is -2.51. The van der Waals surface area contributed by atoms with Crippen molar-refractivity contribution in [2.24, 2.45) is 0 Å². The number of amides is 2. The zero-order valence-corrected chi connectivity index (χ0v) is 16.7. The van der Waals surface area contributed by atoms with E-state index in [0.717, 1.165) is 32.6 Å². The van der Waals surface area contributed by atoms with Crippen LogP contribution in [0.5, 0.6) is 5.75 Å². The molecule has 7 nitrogen and oxygen atoms in total. The topological polar surface area (TPSA) is 73.9 Å². The highest BCUT2D eigenvalue weighted by Gasteiger charge is 2.21. The number of nitrogens with zero attached hydrogens (tertiary/aromatic N) is 2. The quantitative estimate of drug-likeness (QED) is 0.684. The van der Waals surface area contributed by atoms with Crippen LogP contribution in [0.15, 0.2) is 24.3 Å². The van der Waals surface area contributed by atoms with E-state index in [0.29, 0.717) is 31.1 Å². The summed E-state index contributed by atoms with van der Waals surface area (Å²) in [7, 11) is 0. The molecule has 0 spiro atoms. The molecule has 1 aliphatic rings. The van der Waals surface area contributed by atoms with Gasteiger partial charge in [0.05, 0.1) is 25.4 Å². The summed E-state index contributed by atoms with van der Waals surface area (Å²) < 4.78 is 5.54. The van der Waals surface area contributed by atoms with Gasteiger partial charge in [0.25, 0.3) is 0 Å². The highest BCUT2D eigenvalue weighted by atomic mass is 16.5. The van der Waals surface area contributed by atoms with Crippen molar-refractivity contribution in [3.8, 4) is 5.75 Å². The van der Waals surface area contributed by atoms with E-state index in [1.165, 1.54) is 0 Å². The second-order valence-electron chi connectivity index (χ2n) is 6.91. The number of nitrogens with one attached hydrogen (secondary N) is 2. The molecule has 1 unspecified atom stereocenters. The lowest BCUT2D eigenvalue weighted by atomic mass is 10.2. The summed E-state index contributed by atoms with van der Waals surface area (Å²) in [5.74, 6) is 0.707. The number of carbonyl (C=O) groups excluding carboxylic acids is 2. The summed E-state index contributed by atoms with van der Waals surface area (Å²) in [4.78, 5) is 28.6. The average Bonchev–Trinajstić information content (AvgIpc) is 2.65. The maximum Gasteiger partial charge on any atom is 0.238 e. The third kappa shape index (κ3) is 7.19. The number of hydrogen-bond acceptors (Lipinski definition) is 5. The van der Waals surface area contributed by atoms with Crippen LogP contribution in [-0.2, 0) is 9.59 Å². The number of piperazine rings is 1. The molecule has 0 aliphatic carbocycles. The molecule has 0 radical (unpaired) electrons. The van der Waals surface area contributed by atoms with E-state index in [1.807, 2.05) is 38.1 Å². The molecular formula is C20H32N4O3. The fourth-order valence-corrected chi connectivity index (χ4v) is 2.98. The number of ether oxygens (including phenoxy) is 1. The molecule has 2 amide bonds. The number of benzene rings is 1. The SMILES string of the molecule is CCOc1ccccc1NC(=O)CN1CCN(CC(=O)NC(C)CC)CC1. The summed E-state index contributed by atoms with van der Waals surface area (Å²) in [6.07, 6.45) is 0.932. The Balaban J connectivity index is 1.74. The summed E-state index contributed by atoms with van der Waals surface area (Å²) in [5.41, 5.74) is 0.699. The van der Waals surface area contributed by atoms with Gasteiger partial charge in [0.1, 0.15) is 5.75 Å². The minimum atomic E-state index is -0.0508. The van der Waals surface area contributed by atoms with Crippen LogP contribution in [0, 0.1) is 0 Å². The van der Waals surface area contributed by atoms with Gasteiger partial charge in [-0.05, 0) is 32.4 Å². The third-order valence-corrected chi connectivity index (χ3v) is 4.68. The number of rotatable bonds is 9. The predicted octanol–water partition coefficient (Wildman–Crippen LogP) is 1.56. The summed E-state index contributed by atoms with van der Waals surface area (Å²) in [5, 5.41) is 5.92. The lowest BCUT2D eigenvalue weighted by molar-refractivity contribution is -0.124. The van der Waals surface area contributed by atoms with Crippen LogP contribution in [0.25, 0.3) is 0 Å². The van der Waals surface area contributed by atoms with Gasteiger partial charge in [0.15, 0.2) is 0 Å². The Kier molecular flexibility index (Phi) is 8.54. The van der Waals surface area contributed by atoms with Crippen molar-refractivity contribution in [3.05, 3.63) is 24.3 Å². The molecule has 1 heterocycles. The molecule has 0 bridgehead atoms. The first-order chi connectivity index (χ1) is 13.0. The Morgan fingerprint density at radius 3 is 2.22 bits per heavy atom. The molecule has 27 heavy (non-hydrogen) atoms. The fourth-order valence-electron chi connectivity index (χ4n) is 2.98. The molecular weight excluding hydrogens is 344 g/mol. The third-order valence-electron chi connectivity index (χ3n) is 4.68. The second-order valence-corrected chi connectivity index (χ2v) is 6.91. The zero-order valence-electron chi connectivity index (χ0n) is 16.7. The van der Waals surface area contributed by atoms with E-state index in [2.05, 4.69) is 27.4 Å². The normalized spacial score (nSPS) is 16.6. The van der Waals surface area contributed by atoms with Crippen LogP contribution in [0.3, 0.4) is 0 Å². The molecule has 150 valence electrons. The number of hydrogen-bond donors (Lipinski definition) is 2. The van der Waals surface area contributed by atoms with Gasteiger partial charge in [-0.3, -0.25) is 19.4 Å². The van der Waals surface area contributed by atoms with Crippen molar-refractivity contribution in [2.45, 2.75) is 33.2 Å². The van der Waals surface area contributed by atoms with Crippen molar-refractivity contribution >= 4 is 17.5 Å². The lowest BCUT2D eigenvalue weighted by Gasteiger charge is -2.34. The minimum absolute atomic E-state index is 0.0508. The summed E-state index contributed by atoms with van der Waals surface area (Å²) >= 11 is 0. The van der Waals surface area contributed by atoms with Gasteiger partial charge < -0.3 is 15.4 Å². The molecule has 7 heteroatoms. The molecule has 1 saturated heterocycles. The molecule has 0 saturated carbocycles. The van der Waals surface area contributed by atoms with Gasteiger partial charge in [-0.2, -0.15) is 0 Å². The van der Waals surface area contributed by atoms with Crippen molar-refractivity contribution in [3.63, 3.8) is 0 Å². The van der Waals surface area contributed by atoms with Crippen molar-refractivity contribution in [1.29, 1.82) is 0 Å². The Morgan fingerprint density at radius 1 is 1.04 bits per heavy atom. The Bertz CT molecular complexity index is 615. The van der Waals surface area contributed by atoms with Gasteiger partial charge in [0.2, 0.25) is 11.8 Å². The van der Waals surface area contributed by atoms with E-state index >= 15 is 0 Å². The van der Waals surface area contributed by atoms with E-state index in [-0.39, 0.29) is 17.9 Å². The minimum Gasteiger partial charge on any atom is -0.492 e. The summed E-state index contributed by atoms with van der Waals surface area (Å²) in [6.45, 7) is 10.4. The number of para-hydroxylation sites is 2. The van der Waals surface area contributed by atoms with Crippen LogP contribution in [-0.4, -0.2) is 73.5 Å². The molecule has 1 aromatic carbocycles. The van der Waals surface area contributed by atoms with Gasteiger partial charge in [0, 0.05) is 32.2 Å². The van der Waals surface area contributed by atoms with Crippen LogP contribution in [0.4, 0.5) is 5.69 Å². The predicted molar refractivity (Wildman–Crippen MR) is 107 cm³/mol. The van der Waals surface area contributed by atoms with Crippen molar-refractivity contribution < 1.29 is 14.3 Å². The molecule has 2 rings (SSSR count). The van der Waals surface area contributed by atoms with E-state index in [4.69, 9.17) is 4.74 Å². The first-order valence-electron chi connectivity index (χ1n) is 9.77. The van der Waals surface area contributed by atoms with Gasteiger partial charge in [-0.25, -0.2) is 0 Å². The smallest absolute Gasteiger partial charge is 0.238 e. The van der Waals surface area contributed by atoms with Crippen molar-refractivity contribution in [2.75, 3.05) is 51.2 Å². The highest BCUT2D eigenvalue weighted by Crippen LogP contribution is 2.23. The van der Waals surface area contributed by atoms with Gasteiger partial charge in [-0.15, -0.1) is 0 Å². The molecule has 1 atom stereocenters. The number of carbonyl (C=O) groups is 2. The van der Waals surface area contributed by atoms with Gasteiger partial charge >= 0.3 is 0 Å². The Hall–Kier alpha value is -2.12. The average molecular weight is 377 g/mol. The Labute approximate surface area is 162 Å². The first-order valence-corrected chi connectivity index (χ1v) is 9.77. The van der Waals surface area contributed by atoms with Gasteiger partial charge in [-0.1, -0.05) is 19.1 Å².